The maximum Gasteiger partial charge on any atom is 0.331 e. The Kier molecular flexibility index (Phi) is 11.0. The molecule has 1 aliphatic rings. The number of carboxylic acids is 1. The number of likely N-dealkylation sites (tertiary alicyclic amines) is 1. The summed E-state index contributed by atoms with van der Waals surface area (Å²) in [6.45, 7) is 3.83. The van der Waals surface area contributed by atoms with E-state index >= 15 is 0 Å². The molecule has 10 nitrogen and oxygen atoms in total. The van der Waals surface area contributed by atoms with Gasteiger partial charge in [0.15, 0.2) is 5.78 Å². The molecule has 32 heavy (non-hydrogen) atoms. The number of piperidine rings is 1. The average molecular weight is 450 g/mol. The number of carboxylic acid groups (broad SMARTS) is 1. The van der Waals surface area contributed by atoms with Crippen LogP contribution in [0.1, 0.15) is 49.0 Å². The van der Waals surface area contributed by atoms with Crippen molar-refractivity contribution in [3.63, 3.8) is 0 Å². The molecule has 1 aliphatic heterocycles. The van der Waals surface area contributed by atoms with E-state index in [4.69, 9.17) is 25.8 Å². The molecule has 0 unspecified atom stereocenters. The van der Waals surface area contributed by atoms with E-state index in [1.54, 1.807) is 36.1 Å². The summed E-state index contributed by atoms with van der Waals surface area (Å²) >= 11 is 0. The fourth-order valence-electron chi connectivity index (χ4n) is 3.12. The highest BCUT2D eigenvalue weighted by atomic mass is 16.6. The number of hydrogen-bond donors (Lipinski definition) is 3. The van der Waals surface area contributed by atoms with Crippen LogP contribution in [0.3, 0.4) is 0 Å². The van der Waals surface area contributed by atoms with Gasteiger partial charge in [0, 0.05) is 43.5 Å². The van der Waals surface area contributed by atoms with Crippen molar-refractivity contribution in [2.75, 3.05) is 26.8 Å². The number of methoxy groups -OCH3 is 1. The fourth-order valence-corrected chi connectivity index (χ4v) is 3.12. The molecule has 1 aromatic carbocycles. The number of benzene rings is 1. The number of nitrogens with one attached hydrogen (secondary N) is 1. The molecule has 4 N–H and O–H groups in total. The molecule has 1 aromatic rings. The topological polar surface area (TPSA) is 160 Å². The molecule has 1 atom stereocenters. The van der Waals surface area contributed by atoms with Crippen molar-refractivity contribution in [2.45, 2.75) is 39.2 Å². The largest absolute Gasteiger partial charge is 0.481 e. The minimum Gasteiger partial charge on any atom is -0.481 e. The van der Waals surface area contributed by atoms with Crippen molar-refractivity contribution in [2.24, 2.45) is 11.7 Å². The summed E-state index contributed by atoms with van der Waals surface area (Å²) in [5.41, 5.74) is 6.46. The number of amides is 1. The van der Waals surface area contributed by atoms with Gasteiger partial charge in [-0.2, -0.15) is 0 Å². The zero-order chi connectivity index (χ0) is 24.3. The van der Waals surface area contributed by atoms with Crippen molar-refractivity contribution < 1.29 is 33.8 Å². The van der Waals surface area contributed by atoms with Gasteiger partial charge in [0.2, 0.25) is 5.91 Å². The van der Waals surface area contributed by atoms with Gasteiger partial charge in [-0.1, -0.05) is 31.2 Å². The van der Waals surface area contributed by atoms with Gasteiger partial charge in [0.05, 0.1) is 13.2 Å². The van der Waals surface area contributed by atoms with Crippen LogP contribution in [0.25, 0.3) is 0 Å². The number of ether oxygens (including phenoxy) is 2. The van der Waals surface area contributed by atoms with Gasteiger partial charge >= 0.3 is 5.97 Å². The Balaban J connectivity index is 0.00000118. The van der Waals surface area contributed by atoms with Gasteiger partial charge in [-0.25, -0.2) is 4.79 Å². The van der Waals surface area contributed by atoms with Crippen LogP contribution >= 0.6 is 0 Å². The number of Topliss-reactive ketones (excluding diaryl/α,β-unsaturated/α-hetero) is 1. The summed E-state index contributed by atoms with van der Waals surface area (Å²) in [7, 11) is 1.31. The summed E-state index contributed by atoms with van der Waals surface area (Å²) in [6.07, 6.45) is 1.35. The zero-order valence-electron chi connectivity index (χ0n) is 18.6. The quantitative estimate of drug-likeness (QED) is 0.233. The highest BCUT2D eigenvalue weighted by molar-refractivity contribution is 6.00. The Bertz CT molecular complexity index is 811. The second kappa shape index (κ2) is 13.2. The molecule has 1 fully saturated rings. The van der Waals surface area contributed by atoms with Crippen molar-refractivity contribution in [1.82, 2.24) is 4.90 Å². The first-order chi connectivity index (χ1) is 15.0. The lowest BCUT2D eigenvalue weighted by Gasteiger charge is -2.33. The number of carbonyl (C=O) groups is 4. The summed E-state index contributed by atoms with van der Waals surface area (Å²) in [4.78, 5) is 46.9. The minimum absolute atomic E-state index is 0.0542. The number of nitrogens with zero attached hydrogens (tertiary/aromatic N) is 1. The molecule has 0 bridgehead atoms. The molecule has 0 saturated carbocycles. The van der Waals surface area contributed by atoms with Crippen LogP contribution in [0.5, 0.6) is 0 Å². The van der Waals surface area contributed by atoms with Crippen LogP contribution in [-0.2, 0) is 23.9 Å². The third kappa shape index (κ3) is 9.25. The maximum atomic E-state index is 12.6. The molecule has 0 spiro atoms. The van der Waals surface area contributed by atoms with E-state index in [2.05, 4.69) is 4.74 Å². The number of rotatable bonds is 8. The van der Waals surface area contributed by atoms with Crippen molar-refractivity contribution in [3.8, 4) is 0 Å². The summed E-state index contributed by atoms with van der Waals surface area (Å²) < 4.78 is 10.0. The normalized spacial score (nSPS) is 14.5. The van der Waals surface area contributed by atoms with Gasteiger partial charge in [-0.15, -0.1) is 0 Å². The van der Waals surface area contributed by atoms with E-state index in [9.17, 15) is 14.4 Å². The lowest BCUT2D eigenvalue weighted by atomic mass is 9.96. The number of aliphatic carboxylic acids is 1. The van der Waals surface area contributed by atoms with Crippen LogP contribution in [0, 0.1) is 11.3 Å². The molecule has 0 radical (unpaired) electrons. The highest BCUT2D eigenvalue weighted by Gasteiger charge is 2.28. The third-order valence-electron chi connectivity index (χ3n) is 4.85. The molecule has 10 heteroatoms. The molecule has 1 amide bonds. The average Bonchev–Trinajstić information content (AvgIpc) is 2.76. The van der Waals surface area contributed by atoms with Crippen LogP contribution in [-0.4, -0.2) is 72.4 Å². The second-order valence-electron chi connectivity index (χ2n) is 7.45. The van der Waals surface area contributed by atoms with Crippen LogP contribution in [0.15, 0.2) is 24.3 Å². The first kappa shape index (κ1) is 26.8. The summed E-state index contributed by atoms with van der Waals surface area (Å²) in [5.74, 6) is -1.90. The van der Waals surface area contributed by atoms with E-state index in [1.165, 1.54) is 7.11 Å². The molecule has 0 aromatic heterocycles. The monoisotopic (exact) mass is 449 g/mol. The SMILES string of the molecule is CC(=O)O.COC(=O)COC1CCN(C(=O)[C@H](C)CC(=O)c2ccc(C(=N)N)cc2)CC1. The molecule has 0 aliphatic carbocycles. The second-order valence-corrected chi connectivity index (χ2v) is 7.45. The number of carbonyl (C=O) groups excluding carboxylic acids is 3. The highest BCUT2D eigenvalue weighted by Crippen LogP contribution is 2.19. The van der Waals surface area contributed by atoms with Crippen LogP contribution < -0.4 is 5.73 Å². The van der Waals surface area contributed by atoms with E-state index in [0.29, 0.717) is 37.1 Å². The number of ketones is 1. The predicted molar refractivity (Wildman–Crippen MR) is 116 cm³/mol. The number of hydrogen-bond acceptors (Lipinski definition) is 7. The molecule has 1 heterocycles. The fraction of sp³-hybridized carbons (Fsp3) is 0.500. The molecule has 2 rings (SSSR count). The van der Waals surface area contributed by atoms with Crippen LogP contribution in [0.4, 0.5) is 0 Å². The summed E-state index contributed by atoms with van der Waals surface area (Å²) in [5, 5.41) is 14.8. The van der Waals surface area contributed by atoms with E-state index < -0.39 is 17.9 Å². The number of nitrogens with two attached hydrogens (primary N) is 1. The minimum atomic E-state index is -0.833. The van der Waals surface area contributed by atoms with Gasteiger partial charge in [-0.05, 0) is 12.8 Å². The van der Waals surface area contributed by atoms with Gasteiger partial charge < -0.3 is 25.2 Å². The summed E-state index contributed by atoms with van der Waals surface area (Å²) in [6, 6.07) is 6.50. The van der Waals surface area contributed by atoms with Gasteiger partial charge in [-0.3, -0.25) is 19.8 Å². The van der Waals surface area contributed by atoms with E-state index in [-0.39, 0.29) is 36.7 Å². The van der Waals surface area contributed by atoms with Crippen molar-refractivity contribution in [1.29, 1.82) is 5.41 Å². The smallest absolute Gasteiger partial charge is 0.331 e. The standard InChI is InChI=1S/C20H27N3O5.C2H4O2/c1-13(11-17(24)14-3-5-15(6-4-14)19(21)22)20(26)23-9-7-16(8-10-23)28-12-18(25)27-2;1-2(3)4/h3-6,13,16H,7-12H2,1-2H3,(H3,21,22);1H3,(H,3,4)/t13-;/m1./s1. The molecular formula is C22H31N3O7. The third-order valence-corrected chi connectivity index (χ3v) is 4.85. The van der Waals surface area contributed by atoms with E-state index in [1.807, 2.05) is 0 Å². The maximum absolute atomic E-state index is 12.6. The Morgan fingerprint density at radius 1 is 1.16 bits per heavy atom. The van der Waals surface area contributed by atoms with E-state index in [0.717, 1.165) is 6.92 Å². The molecule has 1 saturated heterocycles. The van der Waals surface area contributed by atoms with Gasteiger partial charge in [0.25, 0.3) is 5.97 Å². The molecular weight excluding hydrogens is 418 g/mol. The lowest BCUT2D eigenvalue weighted by Crippen LogP contribution is -2.43. The van der Waals surface area contributed by atoms with Crippen molar-refractivity contribution in [3.05, 3.63) is 35.4 Å². The first-order valence-electron chi connectivity index (χ1n) is 10.2. The number of esters is 1. The molecule has 176 valence electrons. The Morgan fingerprint density at radius 2 is 1.66 bits per heavy atom. The van der Waals surface area contributed by atoms with Crippen molar-refractivity contribution >= 4 is 29.5 Å². The van der Waals surface area contributed by atoms with Gasteiger partial charge in [0.1, 0.15) is 12.4 Å². The Hall–Kier alpha value is -3.27. The predicted octanol–water partition coefficient (Wildman–Crippen LogP) is 1.45. The lowest BCUT2D eigenvalue weighted by molar-refractivity contribution is -0.150. The first-order valence-corrected chi connectivity index (χ1v) is 10.2. The number of amidine groups is 1. The Labute approximate surface area is 187 Å². The zero-order valence-corrected chi connectivity index (χ0v) is 18.6. The Morgan fingerprint density at radius 3 is 2.12 bits per heavy atom. The number of nitrogen functional groups attached to an aromatic ring is 1. The van der Waals surface area contributed by atoms with Crippen LogP contribution in [0.2, 0.25) is 0 Å².